The van der Waals surface area contributed by atoms with Crippen molar-refractivity contribution >= 4 is 17.6 Å². The number of nitrogens with zero attached hydrogens (tertiary/aromatic N) is 3. The maximum atomic E-state index is 12.4. The molecule has 1 aromatic carbocycles. The Balaban J connectivity index is 1.58. The Morgan fingerprint density at radius 2 is 2.00 bits per heavy atom. The Morgan fingerprint density at radius 1 is 1.22 bits per heavy atom. The Labute approximate surface area is 152 Å². The van der Waals surface area contributed by atoms with Gasteiger partial charge in [-0.05, 0) is 24.3 Å². The lowest BCUT2D eigenvalue weighted by Crippen LogP contribution is -2.30. The number of ether oxygens (including phenoxy) is 1. The second-order valence-corrected chi connectivity index (χ2v) is 5.48. The summed E-state index contributed by atoms with van der Waals surface area (Å²) in [5, 5.41) is 6.76. The van der Waals surface area contributed by atoms with Crippen molar-refractivity contribution in [3.8, 4) is 5.75 Å². The normalized spacial score (nSPS) is 11.4. The molecule has 1 N–H and O–H groups in total. The first-order valence-electron chi connectivity index (χ1n) is 8.08. The molecule has 140 valence electrons. The Bertz CT molecular complexity index is 1030. The van der Waals surface area contributed by atoms with Crippen molar-refractivity contribution in [1.82, 2.24) is 19.5 Å². The van der Waals surface area contributed by atoms with E-state index in [1.165, 1.54) is 27.3 Å². The van der Waals surface area contributed by atoms with Crippen molar-refractivity contribution in [2.45, 2.75) is 13.2 Å². The molecule has 0 unspecified atom stereocenters. The van der Waals surface area contributed by atoms with Crippen LogP contribution >= 0.6 is 0 Å². The molecule has 7 nitrogen and oxygen atoms in total. The molecule has 0 saturated carbocycles. The lowest BCUT2D eigenvalue weighted by atomic mass is 10.2. The number of rotatable bonds is 7. The summed E-state index contributed by atoms with van der Waals surface area (Å²) in [5.41, 5.74) is 0.572. The van der Waals surface area contributed by atoms with Gasteiger partial charge in [-0.25, -0.2) is 9.48 Å². The molecule has 0 fully saturated rings. The molecule has 3 rings (SSSR count). The van der Waals surface area contributed by atoms with Gasteiger partial charge in [0.05, 0.1) is 6.54 Å². The minimum atomic E-state index is -2.95. The van der Waals surface area contributed by atoms with E-state index in [1.54, 1.807) is 42.6 Å². The number of halogens is 2. The molecule has 27 heavy (non-hydrogen) atoms. The molecule has 3 aromatic rings. The summed E-state index contributed by atoms with van der Waals surface area (Å²) in [7, 11) is 0. The van der Waals surface area contributed by atoms with Crippen LogP contribution in [0.4, 0.5) is 8.78 Å². The first kappa shape index (κ1) is 18.3. The zero-order chi connectivity index (χ0) is 19.2. The fourth-order valence-corrected chi connectivity index (χ4v) is 2.44. The van der Waals surface area contributed by atoms with Crippen LogP contribution in [-0.2, 0) is 11.3 Å². The zero-order valence-corrected chi connectivity index (χ0v) is 14.1. The van der Waals surface area contributed by atoms with Gasteiger partial charge in [0, 0.05) is 24.4 Å². The summed E-state index contributed by atoms with van der Waals surface area (Å²) < 4.78 is 31.8. The van der Waals surface area contributed by atoms with Gasteiger partial charge >= 0.3 is 12.3 Å². The van der Waals surface area contributed by atoms with Crippen LogP contribution in [0.25, 0.3) is 11.7 Å². The van der Waals surface area contributed by atoms with Crippen molar-refractivity contribution in [3.05, 3.63) is 70.8 Å². The molecule has 1 amide bonds. The Hall–Kier alpha value is -3.49. The van der Waals surface area contributed by atoms with Crippen LogP contribution < -0.4 is 15.7 Å². The van der Waals surface area contributed by atoms with E-state index >= 15 is 0 Å². The van der Waals surface area contributed by atoms with Crippen molar-refractivity contribution in [3.63, 3.8) is 0 Å². The Kier molecular flexibility index (Phi) is 5.60. The van der Waals surface area contributed by atoms with Crippen LogP contribution in [0.15, 0.2) is 59.5 Å². The molecule has 0 saturated heterocycles. The number of carbonyl (C=O) groups excluding carboxylic acids is 1. The van der Waals surface area contributed by atoms with Crippen LogP contribution in [0.3, 0.4) is 0 Å². The van der Waals surface area contributed by atoms with Gasteiger partial charge in [-0.3, -0.25) is 9.20 Å². The van der Waals surface area contributed by atoms with Crippen LogP contribution in [0.2, 0.25) is 0 Å². The van der Waals surface area contributed by atoms with E-state index in [4.69, 9.17) is 0 Å². The van der Waals surface area contributed by atoms with E-state index in [9.17, 15) is 18.4 Å². The number of hydrogen-bond donors (Lipinski definition) is 1. The van der Waals surface area contributed by atoms with Gasteiger partial charge in [-0.2, -0.15) is 8.78 Å². The van der Waals surface area contributed by atoms with Crippen LogP contribution in [0.5, 0.6) is 5.75 Å². The first-order valence-corrected chi connectivity index (χ1v) is 8.08. The summed E-state index contributed by atoms with van der Waals surface area (Å²) in [6, 6.07) is 11.3. The van der Waals surface area contributed by atoms with Gasteiger partial charge in [0.1, 0.15) is 5.75 Å². The first-order chi connectivity index (χ1) is 13.0. The van der Waals surface area contributed by atoms with E-state index in [1.807, 2.05) is 0 Å². The second-order valence-electron chi connectivity index (χ2n) is 5.48. The number of alkyl halides is 2. The average molecular weight is 374 g/mol. The third kappa shape index (κ3) is 4.57. The van der Waals surface area contributed by atoms with E-state index in [-0.39, 0.29) is 24.5 Å². The van der Waals surface area contributed by atoms with E-state index < -0.39 is 12.5 Å². The SMILES string of the molecule is O=C(/C=C/c1ccccc1OC(F)F)NCCn1nc2ccccn2c1=O. The largest absolute Gasteiger partial charge is 0.434 e. The van der Waals surface area contributed by atoms with Crippen molar-refractivity contribution in [2.75, 3.05) is 6.54 Å². The third-order valence-corrected chi connectivity index (χ3v) is 3.66. The van der Waals surface area contributed by atoms with Crippen molar-refractivity contribution < 1.29 is 18.3 Å². The predicted molar refractivity (Wildman–Crippen MR) is 94.6 cm³/mol. The molecule has 0 spiro atoms. The lowest BCUT2D eigenvalue weighted by molar-refractivity contribution is -0.116. The number of benzene rings is 1. The highest BCUT2D eigenvalue weighted by atomic mass is 19.3. The second kappa shape index (κ2) is 8.26. The minimum absolute atomic E-state index is 0.0206. The highest BCUT2D eigenvalue weighted by molar-refractivity contribution is 5.92. The molecular formula is C18H16F2N4O3. The van der Waals surface area contributed by atoms with E-state index in [2.05, 4.69) is 15.2 Å². The third-order valence-electron chi connectivity index (χ3n) is 3.66. The molecule has 2 aromatic heterocycles. The summed E-state index contributed by atoms with van der Waals surface area (Å²) in [4.78, 5) is 24.0. The molecule has 0 atom stereocenters. The minimum Gasteiger partial charge on any atom is -0.434 e. The van der Waals surface area contributed by atoms with Gasteiger partial charge in [0.15, 0.2) is 5.65 Å². The summed E-state index contributed by atoms with van der Waals surface area (Å²) in [6.07, 6.45) is 4.20. The molecular weight excluding hydrogens is 358 g/mol. The smallest absolute Gasteiger partial charge is 0.387 e. The van der Waals surface area contributed by atoms with Crippen LogP contribution in [0.1, 0.15) is 5.56 Å². The van der Waals surface area contributed by atoms with Gasteiger partial charge in [0.25, 0.3) is 0 Å². The van der Waals surface area contributed by atoms with Crippen molar-refractivity contribution in [2.24, 2.45) is 0 Å². The fourth-order valence-electron chi connectivity index (χ4n) is 2.44. The number of fused-ring (bicyclic) bond motifs is 1. The standard InChI is InChI=1S/C18H16F2N4O3/c19-17(20)27-14-6-2-1-5-13(14)8-9-16(25)21-10-12-24-18(26)23-11-4-3-7-15(23)22-24/h1-9,11,17H,10,12H2,(H,21,25)/b9-8+. The number of hydrogen-bond acceptors (Lipinski definition) is 4. The maximum Gasteiger partial charge on any atom is 0.387 e. The predicted octanol–water partition coefficient (Wildman–Crippen LogP) is 1.93. The number of aromatic nitrogens is 3. The number of nitrogens with one attached hydrogen (secondary N) is 1. The molecule has 0 aliphatic rings. The number of amides is 1. The highest BCUT2D eigenvalue weighted by Gasteiger charge is 2.08. The lowest BCUT2D eigenvalue weighted by Gasteiger charge is -2.07. The van der Waals surface area contributed by atoms with Gasteiger partial charge in [0.2, 0.25) is 5.91 Å². The van der Waals surface area contributed by atoms with Gasteiger partial charge < -0.3 is 10.1 Å². The zero-order valence-electron chi connectivity index (χ0n) is 14.1. The average Bonchev–Trinajstić information content (AvgIpc) is 2.97. The fraction of sp³-hybridized carbons (Fsp3) is 0.167. The highest BCUT2D eigenvalue weighted by Crippen LogP contribution is 2.21. The van der Waals surface area contributed by atoms with Gasteiger partial charge in [-0.15, -0.1) is 5.10 Å². The Morgan fingerprint density at radius 3 is 2.78 bits per heavy atom. The molecule has 0 radical (unpaired) electrons. The number of para-hydroxylation sites is 1. The quantitative estimate of drug-likeness (QED) is 0.641. The summed E-state index contributed by atoms with van der Waals surface area (Å²) in [5.74, 6) is -0.452. The molecule has 2 heterocycles. The summed E-state index contributed by atoms with van der Waals surface area (Å²) >= 11 is 0. The maximum absolute atomic E-state index is 12.4. The number of pyridine rings is 1. The molecule has 9 heteroatoms. The number of carbonyl (C=O) groups is 1. The molecule has 0 aliphatic carbocycles. The molecule has 0 bridgehead atoms. The monoisotopic (exact) mass is 374 g/mol. The van der Waals surface area contributed by atoms with E-state index in [0.717, 1.165) is 0 Å². The van der Waals surface area contributed by atoms with Crippen LogP contribution in [0, 0.1) is 0 Å². The summed E-state index contributed by atoms with van der Waals surface area (Å²) in [6.45, 7) is -2.56. The van der Waals surface area contributed by atoms with Gasteiger partial charge in [-0.1, -0.05) is 24.3 Å². The van der Waals surface area contributed by atoms with Crippen LogP contribution in [-0.4, -0.2) is 33.2 Å². The topological polar surface area (TPSA) is 77.6 Å². The van der Waals surface area contributed by atoms with E-state index in [0.29, 0.717) is 11.2 Å². The molecule has 0 aliphatic heterocycles. The van der Waals surface area contributed by atoms with Crippen molar-refractivity contribution in [1.29, 1.82) is 0 Å².